The Morgan fingerprint density at radius 1 is 1.38 bits per heavy atom. The Labute approximate surface area is 127 Å². The molecule has 0 unspecified atom stereocenters. The SMILES string of the molecule is N#Cc1cccc(CNS(=O)(=O)c2cc(Cl)cnc2N)c1. The number of hydrogen-bond acceptors (Lipinski definition) is 5. The fourth-order valence-electron chi connectivity index (χ4n) is 1.65. The van der Waals surface area contributed by atoms with Crippen LogP contribution < -0.4 is 10.5 Å². The van der Waals surface area contributed by atoms with Crippen molar-refractivity contribution in [1.29, 1.82) is 5.26 Å². The van der Waals surface area contributed by atoms with E-state index in [1.165, 1.54) is 12.3 Å². The van der Waals surface area contributed by atoms with E-state index >= 15 is 0 Å². The van der Waals surface area contributed by atoms with Crippen LogP contribution in [0.2, 0.25) is 5.02 Å². The molecular formula is C13H11ClN4O2S. The van der Waals surface area contributed by atoms with Gasteiger partial charge < -0.3 is 5.73 Å². The van der Waals surface area contributed by atoms with Crippen molar-refractivity contribution in [3.05, 3.63) is 52.7 Å². The van der Waals surface area contributed by atoms with Gasteiger partial charge in [0.05, 0.1) is 16.7 Å². The first kappa shape index (κ1) is 15.3. The average molecular weight is 323 g/mol. The fraction of sp³-hybridized carbons (Fsp3) is 0.0769. The molecular weight excluding hydrogens is 312 g/mol. The number of halogens is 1. The molecule has 21 heavy (non-hydrogen) atoms. The Morgan fingerprint density at radius 2 is 2.14 bits per heavy atom. The van der Waals surface area contributed by atoms with Gasteiger partial charge in [0, 0.05) is 12.7 Å². The van der Waals surface area contributed by atoms with Gasteiger partial charge >= 0.3 is 0 Å². The Balaban J connectivity index is 2.22. The summed E-state index contributed by atoms with van der Waals surface area (Å²) in [6, 6.07) is 9.85. The summed E-state index contributed by atoms with van der Waals surface area (Å²) in [6.45, 7) is 0.0316. The van der Waals surface area contributed by atoms with Crippen LogP contribution in [0.3, 0.4) is 0 Å². The van der Waals surface area contributed by atoms with Gasteiger partial charge in [0.25, 0.3) is 0 Å². The lowest BCUT2D eigenvalue weighted by molar-refractivity contribution is 0.581. The van der Waals surface area contributed by atoms with Gasteiger partial charge in [-0.05, 0) is 23.8 Å². The standard InChI is InChI=1S/C13H11ClN4O2S/c14-11-5-12(13(16)17-8-11)21(19,20)18-7-10-3-1-2-9(4-10)6-15/h1-5,8,18H,7H2,(H2,16,17). The van der Waals surface area contributed by atoms with Crippen LogP contribution in [0.4, 0.5) is 5.82 Å². The maximum Gasteiger partial charge on any atom is 0.244 e. The van der Waals surface area contributed by atoms with E-state index in [1.807, 2.05) is 6.07 Å². The van der Waals surface area contributed by atoms with E-state index in [-0.39, 0.29) is 22.3 Å². The lowest BCUT2D eigenvalue weighted by atomic mass is 10.1. The molecule has 1 aromatic heterocycles. The molecule has 6 nitrogen and oxygen atoms in total. The highest BCUT2D eigenvalue weighted by molar-refractivity contribution is 7.89. The molecule has 1 aromatic carbocycles. The van der Waals surface area contributed by atoms with Gasteiger partial charge in [-0.3, -0.25) is 0 Å². The van der Waals surface area contributed by atoms with Gasteiger partial charge in [0.1, 0.15) is 10.7 Å². The molecule has 0 aliphatic rings. The van der Waals surface area contributed by atoms with E-state index in [0.717, 1.165) is 0 Å². The van der Waals surface area contributed by atoms with Crippen LogP contribution in [-0.2, 0) is 16.6 Å². The molecule has 2 aromatic rings. The summed E-state index contributed by atoms with van der Waals surface area (Å²) < 4.78 is 26.8. The number of sulfonamides is 1. The number of pyridine rings is 1. The molecule has 0 aliphatic heterocycles. The minimum atomic E-state index is -3.84. The lowest BCUT2D eigenvalue weighted by Gasteiger charge is -2.09. The van der Waals surface area contributed by atoms with Crippen LogP contribution in [-0.4, -0.2) is 13.4 Å². The second-order valence-electron chi connectivity index (χ2n) is 4.17. The third-order valence-corrected chi connectivity index (χ3v) is 4.30. The Hall–Kier alpha value is -2.14. The molecule has 8 heteroatoms. The van der Waals surface area contributed by atoms with Gasteiger partial charge in [-0.15, -0.1) is 0 Å². The van der Waals surface area contributed by atoms with Gasteiger partial charge in [-0.25, -0.2) is 18.1 Å². The Morgan fingerprint density at radius 3 is 2.86 bits per heavy atom. The van der Waals surface area contributed by atoms with Crippen LogP contribution in [0.15, 0.2) is 41.4 Å². The Bertz CT molecular complexity index is 815. The number of nitrogens with zero attached hydrogens (tertiary/aromatic N) is 2. The predicted molar refractivity (Wildman–Crippen MR) is 78.8 cm³/mol. The van der Waals surface area contributed by atoms with Crippen molar-refractivity contribution >= 4 is 27.4 Å². The number of nitrogen functional groups attached to an aromatic ring is 1. The number of benzene rings is 1. The smallest absolute Gasteiger partial charge is 0.244 e. The monoisotopic (exact) mass is 322 g/mol. The minimum absolute atomic E-state index is 0.0316. The largest absolute Gasteiger partial charge is 0.383 e. The highest BCUT2D eigenvalue weighted by Crippen LogP contribution is 2.20. The van der Waals surface area contributed by atoms with E-state index in [4.69, 9.17) is 22.6 Å². The van der Waals surface area contributed by atoms with Crippen molar-refractivity contribution in [2.45, 2.75) is 11.4 Å². The maximum absolute atomic E-state index is 12.2. The van der Waals surface area contributed by atoms with Crippen LogP contribution in [0.25, 0.3) is 0 Å². The van der Waals surface area contributed by atoms with Gasteiger partial charge in [-0.1, -0.05) is 23.7 Å². The zero-order valence-electron chi connectivity index (χ0n) is 10.7. The van der Waals surface area contributed by atoms with Gasteiger partial charge in [0.2, 0.25) is 10.0 Å². The molecule has 0 bridgehead atoms. The van der Waals surface area contributed by atoms with Crippen LogP contribution in [0, 0.1) is 11.3 Å². The van der Waals surface area contributed by atoms with Crippen molar-refractivity contribution in [2.75, 3.05) is 5.73 Å². The van der Waals surface area contributed by atoms with Crippen LogP contribution >= 0.6 is 11.6 Å². The highest BCUT2D eigenvalue weighted by Gasteiger charge is 2.18. The second kappa shape index (κ2) is 6.10. The van der Waals surface area contributed by atoms with E-state index < -0.39 is 10.0 Å². The predicted octanol–water partition coefficient (Wildman–Crippen LogP) is 1.67. The van der Waals surface area contributed by atoms with Crippen LogP contribution in [0.5, 0.6) is 0 Å². The molecule has 0 saturated heterocycles. The number of nitriles is 1. The fourth-order valence-corrected chi connectivity index (χ4v) is 3.00. The zero-order chi connectivity index (χ0) is 15.5. The molecule has 0 saturated carbocycles. The number of nitrogens with two attached hydrogens (primary N) is 1. The van der Waals surface area contributed by atoms with E-state index in [2.05, 4.69) is 9.71 Å². The van der Waals surface area contributed by atoms with Crippen molar-refractivity contribution in [1.82, 2.24) is 9.71 Å². The molecule has 0 fully saturated rings. The molecule has 1 heterocycles. The molecule has 108 valence electrons. The van der Waals surface area contributed by atoms with Crippen molar-refractivity contribution in [2.24, 2.45) is 0 Å². The number of anilines is 1. The first-order valence-corrected chi connectivity index (χ1v) is 7.68. The van der Waals surface area contributed by atoms with Crippen molar-refractivity contribution < 1.29 is 8.42 Å². The number of rotatable bonds is 4. The molecule has 0 spiro atoms. The van der Waals surface area contributed by atoms with Crippen molar-refractivity contribution in [3.63, 3.8) is 0 Å². The topological polar surface area (TPSA) is 109 Å². The van der Waals surface area contributed by atoms with E-state index in [9.17, 15) is 8.42 Å². The lowest BCUT2D eigenvalue weighted by Crippen LogP contribution is -2.24. The summed E-state index contributed by atoms with van der Waals surface area (Å²) in [4.78, 5) is 3.54. The quantitative estimate of drug-likeness (QED) is 0.889. The van der Waals surface area contributed by atoms with Crippen LogP contribution in [0.1, 0.15) is 11.1 Å². The number of hydrogen-bond donors (Lipinski definition) is 2. The summed E-state index contributed by atoms with van der Waals surface area (Å²) in [5, 5.41) is 8.98. The third kappa shape index (κ3) is 3.70. The maximum atomic E-state index is 12.2. The summed E-state index contributed by atoms with van der Waals surface area (Å²) in [5.41, 5.74) is 6.67. The minimum Gasteiger partial charge on any atom is -0.383 e. The zero-order valence-corrected chi connectivity index (χ0v) is 12.3. The molecule has 0 atom stereocenters. The van der Waals surface area contributed by atoms with Gasteiger partial charge in [-0.2, -0.15) is 5.26 Å². The molecule has 0 aliphatic carbocycles. The number of nitrogens with one attached hydrogen (secondary N) is 1. The van der Waals surface area contributed by atoms with Gasteiger partial charge in [0.15, 0.2) is 0 Å². The van der Waals surface area contributed by atoms with E-state index in [0.29, 0.717) is 11.1 Å². The summed E-state index contributed by atoms with van der Waals surface area (Å²) in [5.74, 6) is -0.127. The first-order valence-electron chi connectivity index (χ1n) is 5.82. The summed E-state index contributed by atoms with van der Waals surface area (Å²) in [7, 11) is -3.84. The average Bonchev–Trinajstić information content (AvgIpc) is 2.48. The first-order chi connectivity index (χ1) is 9.92. The van der Waals surface area contributed by atoms with E-state index in [1.54, 1.807) is 24.3 Å². The highest BCUT2D eigenvalue weighted by atomic mass is 35.5. The second-order valence-corrected chi connectivity index (χ2v) is 6.35. The molecule has 3 N–H and O–H groups in total. The normalized spacial score (nSPS) is 11.0. The van der Waals surface area contributed by atoms with Crippen molar-refractivity contribution in [3.8, 4) is 6.07 Å². The summed E-state index contributed by atoms with van der Waals surface area (Å²) in [6.07, 6.45) is 1.27. The summed E-state index contributed by atoms with van der Waals surface area (Å²) >= 11 is 5.73. The third-order valence-electron chi connectivity index (χ3n) is 2.66. The molecule has 0 amide bonds. The number of aromatic nitrogens is 1. The molecule has 0 radical (unpaired) electrons. The Kier molecular flexibility index (Phi) is 4.43. The molecule has 2 rings (SSSR count).